The SMILES string of the molecule is c1ccc(CN(Cc2ccccc2)c2ccccc2Cc2ccccc2N(Cc2ccccc2)Cc2ccccc2)cc1. The fourth-order valence-electron chi connectivity index (χ4n) is 5.81. The molecule has 6 aromatic rings. The van der Waals surface area contributed by atoms with Crippen molar-refractivity contribution in [1.29, 1.82) is 0 Å². The van der Waals surface area contributed by atoms with Gasteiger partial charge in [0, 0.05) is 44.0 Å². The van der Waals surface area contributed by atoms with E-state index >= 15 is 0 Å². The second kappa shape index (κ2) is 14.2. The van der Waals surface area contributed by atoms with Gasteiger partial charge in [-0.15, -0.1) is 0 Å². The molecular weight excluding hydrogens is 520 g/mol. The summed E-state index contributed by atoms with van der Waals surface area (Å²) in [5.41, 5.74) is 10.5. The van der Waals surface area contributed by atoms with Crippen molar-refractivity contribution in [3.05, 3.63) is 203 Å². The van der Waals surface area contributed by atoms with Crippen LogP contribution in [-0.4, -0.2) is 0 Å². The standard InChI is InChI=1S/C41H38N2/c1-5-17-34(18-6-1)30-42(31-35-19-7-2-8-20-35)40-27-15-13-25-38(40)29-39-26-14-16-28-41(39)43(32-36-21-9-3-10-22-36)33-37-23-11-4-12-24-37/h1-28H,29-33H2. The highest BCUT2D eigenvalue weighted by molar-refractivity contribution is 5.61. The molecule has 0 aromatic heterocycles. The first-order chi connectivity index (χ1) is 21.3. The average molecular weight is 559 g/mol. The molecule has 0 heterocycles. The molecule has 0 amide bonds. The Balaban J connectivity index is 1.35. The van der Waals surface area contributed by atoms with Crippen LogP contribution in [-0.2, 0) is 32.6 Å². The number of nitrogens with zero attached hydrogens (tertiary/aromatic N) is 2. The number of hydrogen-bond donors (Lipinski definition) is 0. The minimum Gasteiger partial charge on any atom is -0.363 e. The molecule has 0 aliphatic rings. The molecule has 6 aromatic carbocycles. The molecule has 2 nitrogen and oxygen atoms in total. The molecule has 0 bridgehead atoms. The van der Waals surface area contributed by atoms with Gasteiger partial charge in [-0.3, -0.25) is 0 Å². The van der Waals surface area contributed by atoms with E-state index in [4.69, 9.17) is 0 Å². The zero-order valence-electron chi connectivity index (χ0n) is 24.6. The van der Waals surface area contributed by atoms with Crippen molar-refractivity contribution in [3.63, 3.8) is 0 Å². The first kappa shape index (κ1) is 28.1. The summed E-state index contributed by atoms with van der Waals surface area (Å²) in [7, 11) is 0. The number of benzene rings is 6. The van der Waals surface area contributed by atoms with Crippen LogP contribution in [0.3, 0.4) is 0 Å². The molecule has 0 saturated carbocycles. The summed E-state index contributed by atoms with van der Waals surface area (Å²) in [5.74, 6) is 0. The third kappa shape index (κ3) is 7.61. The van der Waals surface area contributed by atoms with E-state index in [9.17, 15) is 0 Å². The van der Waals surface area contributed by atoms with Crippen molar-refractivity contribution in [2.75, 3.05) is 9.80 Å². The zero-order valence-corrected chi connectivity index (χ0v) is 24.6. The van der Waals surface area contributed by atoms with Crippen LogP contribution in [0.15, 0.2) is 170 Å². The quantitative estimate of drug-likeness (QED) is 0.148. The van der Waals surface area contributed by atoms with Gasteiger partial charge in [0.25, 0.3) is 0 Å². The Morgan fingerprint density at radius 2 is 0.535 bits per heavy atom. The van der Waals surface area contributed by atoms with Crippen LogP contribution in [0.5, 0.6) is 0 Å². The van der Waals surface area contributed by atoms with Crippen molar-refractivity contribution < 1.29 is 0 Å². The zero-order chi connectivity index (χ0) is 29.1. The average Bonchev–Trinajstić information content (AvgIpc) is 3.07. The number of anilines is 2. The van der Waals surface area contributed by atoms with E-state index in [2.05, 4.69) is 180 Å². The first-order valence-electron chi connectivity index (χ1n) is 15.1. The van der Waals surface area contributed by atoms with E-state index in [1.54, 1.807) is 0 Å². The lowest BCUT2D eigenvalue weighted by molar-refractivity contribution is 0.787. The molecule has 0 N–H and O–H groups in total. The monoisotopic (exact) mass is 558 g/mol. The number of rotatable bonds is 12. The van der Waals surface area contributed by atoms with E-state index in [1.165, 1.54) is 44.8 Å². The molecule has 43 heavy (non-hydrogen) atoms. The molecule has 0 aliphatic heterocycles. The highest BCUT2D eigenvalue weighted by atomic mass is 15.1. The second-order valence-electron chi connectivity index (χ2n) is 11.1. The van der Waals surface area contributed by atoms with E-state index in [-0.39, 0.29) is 0 Å². The van der Waals surface area contributed by atoms with Gasteiger partial charge in [0.15, 0.2) is 0 Å². The van der Waals surface area contributed by atoms with Crippen LogP contribution in [0.4, 0.5) is 11.4 Å². The molecule has 0 fully saturated rings. The summed E-state index contributed by atoms with van der Waals surface area (Å²) in [4.78, 5) is 5.04. The molecule has 0 saturated heterocycles. The molecule has 212 valence electrons. The van der Waals surface area contributed by atoms with Gasteiger partial charge in [-0.05, 0) is 45.5 Å². The first-order valence-corrected chi connectivity index (χ1v) is 15.1. The smallest absolute Gasteiger partial charge is 0.0433 e. The van der Waals surface area contributed by atoms with Crippen LogP contribution in [0.1, 0.15) is 33.4 Å². The molecule has 0 radical (unpaired) electrons. The Bertz CT molecular complexity index is 1470. The number of para-hydroxylation sites is 2. The Kier molecular flexibility index (Phi) is 9.27. The van der Waals surface area contributed by atoms with E-state index in [0.29, 0.717) is 0 Å². The summed E-state index contributed by atoms with van der Waals surface area (Å²) in [6.45, 7) is 3.40. The largest absolute Gasteiger partial charge is 0.363 e. The van der Waals surface area contributed by atoms with Crippen molar-refractivity contribution in [2.24, 2.45) is 0 Å². The van der Waals surface area contributed by atoms with Gasteiger partial charge in [-0.2, -0.15) is 0 Å². The lowest BCUT2D eigenvalue weighted by Crippen LogP contribution is -2.24. The van der Waals surface area contributed by atoms with Crippen molar-refractivity contribution >= 4 is 11.4 Å². The summed E-state index contributed by atoms with van der Waals surface area (Å²) in [5, 5.41) is 0. The molecule has 2 heteroatoms. The molecule has 0 spiro atoms. The fourth-order valence-corrected chi connectivity index (χ4v) is 5.81. The Hall–Kier alpha value is -5.08. The van der Waals surface area contributed by atoms with E-state index in [1.807, 2.05) is 0 Å². The predicted molar refractivity (Wildman–Crippen MR) is 181 cm³/mol. The van der Waals surface area contributed by atoms with Crippen LogP contribution in [0.25, 0.3) is 0 Å². The minimum atomic E-state index is 0.850. The Morgan fingerprint density at radius 1 is 0.279 bits per heavy atom. The van der Waals surface area contributed by atoms with Crippen LogP contribution in [0, 0.1) is 0 Å². The maximum absolute atomic E-state index is 2.52. The third-order valence-corrected chi connectivity index (χ3v) is 7.91. The highest BCUT2D eigenvalue weighted by Crippen LogP contribution is 2.31. The second-order valence-corrected chi connectivity index (χ2v) is 11.1. The summed E-state index contributed by atoms with van der Waals surface area (Å²) in [6.07, 6.45) is 0.854. The topological polar surface area (TPSA) is 6.48 Å². The van der Waals surface area contributed by atoms with Gasteiger partial charge in [0.2, 0.25) is 0 Å². The summed E-state index contributed by atoms with van der Waals surface area (Å²) < 4.78 is 0. The van der Waals surface area contributed by atoms with Gasteiger partial charge >= 0.3 is 0 Å². The van der Waals surface area contributed by atoms with Gasteiger partial charge in [-0.1, -0.05) is 158 Å². The van der Waals surface area contributed by atoms with Gasteiger partial charge in [-0.25, -0.2) is 0 Å². The molecule has 0 unspecified atom stereocenters. The van der Waals surface area contributed by atoms with Crippen molar-refractivity contribution in [2.45, 2.75) is 32.6 Å². The fraction of sp³-hybridized carbons (Fsp3) is 0.122. The van der Waals surface area contributed by atoms with Gasteiger partial charge in [0.05, 0.1) is 0 Å². The number of hydrogen-bond acceptors (Lipinski definition) is 2. The lowest BCUT2D eigenvalue weighted by Gasteiger charge is -2.30. The molecule has 0 aliphatic carbocycles. The Morgan fingerprint density at radius 3 is 0.837 bits per heavy atom. The maximum atomic E-state index is 2.52. The molecule has 6 rings (SSSR count). The van der Waals surface area contributed by atoms with Crippen LogP contribution >= 0.6 is 0 Å². The highest BCUT2D eigenvalue weighted by Gasteiger charge is 2.17. The van der Waals surface area contributed by atoms with Crippen LogP contribution in [0.2, 0.25) is 0 Å². The minimum absolute atomic E-state index is 0.850. The maximum Gasteiger partial charge on any atom is 0.0433 e. The lowest BCUT2D eigenvalue weighted by atomic mass is 9.99. The third-order valence-electron chi connectivity index (χ3n) is 7.91. The summed E-state index contributed by atoms with van der Waals surface area (Å²) >= 11 is 0. The van der Waals surface area contributed by atoms with E-state index in [0.717, 1.165) is 32.6 Å². The van der Waals surface area contributed by atoms with Gasteiger partial charge < -0.3 is 9.80 Å². The van der Waals surface area contributed by atoms with Crippen LogP contribution < -0.4 is 9.80 Å². The van der Waals surface area contributed by atoms with Crippen molar-refractivity contribution in [1.82, 2.24) is 0 Å². The Labute approximate surface area is 256 Å². The van der Waals surface area contributed by atoms with Gasteiger partial charge in [0.1, 0.15) is 0 Å². The predicted octanol–water partition coefficient (Wildman–Crippen LogP) is 9.69. The van der Waals surface area contributed by atoms with Crippen molar-refractivity contribution in [3.8, 4) is 0 Å². The summed E-state index contributed by atoms with van der Waals surface area (Å²) in [6, 6.07) is 61.1. The molecular formula is C41H38N2. The normalized spacial score (nSPS) is 10.8. The molecule has 0 atom stereocenters. The van der Waals surface area contributed by atoms with E-state index < -0.39 is 0 Å².